The van der Waals surface area contributed by atoms with Crippen molar-refractivity contribution in [3.63, 3.8) is 0 Å². The predicted molar refractivity (Wildman–Crippen MR) is 126 cm³/mol. The number of hydrogen-bond donors (Lipinski definition) is 2. The van der Waals surface area contributed by atoms with Gasteiger partial charge >= 0.3 is 0 Å². The lowest BCUT2D eigenvalue weighted by atomic mass is 9.66. The topological polar surface area (TPSA) is 40.5 Å². The van der Waals surface area contributed by atoms with Crippen molar-refractivity contribution in [3.05, 3.63) is 117 Å². The lowest BCUT2D eigenvalue weighted by molar-refractivity contribution is 0.467. The molecule has 0 unspecified atom stereocenters. The van der Waals surface area contributed by atoms with Crippen LogP contribution < -0.4 is 0 Å². The number of phenolic OH excluding ortho intramolecular Hbond substituents is 2. The summed E-state index contributed by atoms with van der Waals surface area (Å²) in [5.74, 6) is 0.591. The lowest BCUT2D eigenvalue weighted by Crippen LogP contribution is -2.29. The number of hydrogen-bond acceptors (Lipinski definition) is 2. The Bertz CT molecular complexity index is 1200. The maximum Gasteiger partial charge on any atom is 0.119 e. The van der Waals surface area contributed by atoms with Gasteiger partial charge in [0.05, 0.1) is 5.41 Å². The molecule has 0 amide bonds. The van der Waals surface area contributed by atoms with E-state index in [4.69, 9.17) is 0 Å². The van der Waals surface area contributed by atoms with Crippen LogP contribution in [0.5, 0.6) is 11.5 Å². The quantitative estimate of drug-likeness (QED) is 0.343. The van der Waals surface area contributed by atoms with E-state index in [2.05, 4.69) is 60.7 Å². The molecule has 0 bridgehead atoms. The van der Waals surface area contributed by atoms with E-state index in [1.807, 2.05) is 39.8 Å². The zero-order valence-electron chi connectivity index (χ0n) is 18.3. The minimum atomic E-state index is -0.626. The Morgan fingerprint density at radius 3 is 1.32 bits per heavy atom. The Kier molecular flexibility index (Phi) is 4.23. The SMILES string of the molecule is Cc1cc(C2(c3cc(C)c(C)c(O)c3)c3ccccc3-c3ccccc32)cc(O)c1C. The lowest BCUT2D eigenvalue weighted by Gasteiger charge is -2.35. The molecule has 1 aliphatic rings. The van der Waals surface area contributed by atoms with Crippen molar-refractivity contribution in [2.24, 2.45) is 0 Å². The molecule has 31 heavy (non-hydrogen) atoms. The average Bonchev–Trinajstić information content (AvgIpc) is 3.06. The Morgan fingerprint density at radius 1 is 0.548 bits per heavy atom. The zero-order valence-corrected chi connectivity index (χ0v) is 18.3. The van der Waals surface area contributed by atoms with Crippen molar-refractivity contribution >= 4 is 0 Å². The standard InChI is InChI=1S/C29H26O2/c1-17-13-21(15-27(30)19(17)3)29(22-14-18(2)20(4)28(31)16-22)25-11-7-5-9-23(25)24-10-6-8-12-26(24)29/h5-16,30-31H,1-4H3. The van der Waals surface area contributed by atoms with Gasteiger partial charge in [0, 0.05) is 0 Å². The molecule has 2 nitrogen and oxygen atoms in total. The zero-order chi connectivity index (χ0) is 21.9. The number of benzene rings is 4. The summed E-state index contributed by atoms with van der Waals surface area (Å²) < 4.78 is 0. The molecule has 0 radical (unpaired) electrons. The van der Waals surface area contributed by atoms with Crippen LogP contribution in [0.1, 0.15) is 44.5 Å². The van der Waals surface area contributed by atoms with E-state index in [-0.39, 0.29) is 0 Å². The monoisotopic (exact) mass is 406 g/mol. The molecule has 0 fully saturated rings. The summed E-state index contributed by atoms with van der Waals surface area (Å²) in [6, 6.07) is 25.1. The molecule has 0 spiro atoms. The van der Waals surface area contributed by atoms with Crippen molar-refractivity contribution in [2.75, 3.05) is 0 Å². The van der Waals surface area contributed by atoms with Gasteiger partial charge < -0.3 is 10.2 Å². The largest absolute Gasteiger partial charge is 0.508 e. The number of aryl methyl sites for hydroxylation is 2. The van der Waals surface area contributed by atoms with Gasteiger partial charge in [-0.1, -0.05) is 60.7 Å². The molecule has 1 aliphatic carbocycles. The third kappa shape index (κ3) is 2.58. The number of aromatic hydroxyl groups is 2. The van der Waals surface area contributed by atoms with Crippen molar-refractivity contribution in [2.45, 2.75) is 33.1 Å². The van der Waals surface area contributed by atoms with E-state index in [1.54, 1.807) is 0 Å². The van der Waals surface area contributed by atoms with Crippen LogP contribution in [0.25, 0.3) is 11.1 Å². The maximum absolute atomic E-state index is 10.8. The van der Waals surface area contributed by atoms with E-state index in [1.165, 1.54) is 22.3 Å². The van der Waals surface area contributed by atoms with E-state index in [9.17, 15) is 10.2 Å². The number of rotatable bonds is 2. The summed E-state index contributed by atoms with van der Waals surface area (Å²) in [5, 5.41) is 21.6. The molecule has 5 rings (SSSR count). The van der Waals surface area contributed by atoms with Crippen LogP contribution >= 0.6 is 0 Å². The van der Waals surface area contributed by atoms with Crippen LogP contribution in [-0.2, 0) is 5.41 Å². The molecule has 0 atom stereocenters. The molecule has 4 aromatic rings. The van der Waals surface area contributed by atoms with Crippen LogP contribution in [-0.4, -0.2) is 10.2 Å². The summed E-state index contributed by atoms with van der Waals surface area (Å²) in [6.07, 6.45) is 0. The first-order chi connectivity index (χ1) is 14.9. The molecule has 2 N–H and O–H groups in total. The van der Waals surface area contributed by atoms with Gasteiger partial charge in [0.2, 0.25) is 0 Å². The van der Waals surface area contributed by atoms with Crippen molar-refractivity contribution in [1.82, 2.24) is 0 Å². The van der Waals surface area contributed by atoms with Gasteiger partial charge in [-0.25, -0.2) is 0 Å². The van der Waals surface area contributed by atoms with Crippen LogP contribution in [0.15, 0.2) is 72.8 Å². The van der Waals surface area contributed by atoms with Crippen molar-refractivity contribution in [1.29, 1.82) is 0 Å². The van der Waals surface area contributed by atoms with Crippen molar-refractivity contribution < 1.29 is 10.2 Å². The molecule has 0 aliphatic heterocycles. The summed E-state index contributed by atoms with van der Waals surface area (Å²) in [5.41, 5.74) is 9.97. The molecule has 0 saturated heterocycles. The fourth-order valence-electron chi connectivity index (χ4n) is 5.14. The average molecular weight is 407 g/mol. The Labute approximate surface area is 183 Å². The minimum Gasteiger partial charge on any atom is -0.508 e. The van der Waals surface area contributed by atoms with Crippen LogP contribution in [0.3, 0.4) is 0 Å². The van der Waals surface area contributed by atoms with Gasteiger partial charge in [0.25, 0.3) is 0 Å². The number of fused-ring (bicyclic) bond motifs is 3. The van der Waals surface area contributed by atoms with Gasteiger partial charge in [-0.05, 0) is 95.5 Å². The first kappa shape index (κ1) is 19.4. The highest BCUT2D eigenvalue weighted by Crippen LogP contribution is 2.57. The first-order valence-corrected chi connectivity index (χ1v) is 10.7. The molecule has 4 aromatic carbocycles. The highest BCUT2D eigenvalue weighted by atomic mass is 16.3. The maximum atomic E-state index is 10.8. The molecular formula is C29H26O2. The fourth-order valence-corrected chi connectivity index (χ4v) is 5.14. The van der Waals surface area contributed by atoms with Crippen LogP contribution in [0, 0.1) is 27.7 Å². The highest BCUT2D eigenvalue weighted by Gasteiger charge is 2.46. The second kappa shape index (κ2) is 6.75. The second-order valence-corrected chi connectivity index (χ2v) is 8.72. The molecule has 0 aromatic heterocycles. The summed E-state index contributed by atoms with van der Waals surface area (Å²) in [4.78, 5) is 0. The van der Waals surface area contributed by atoms with Crippen LogP contribution in [0.4, 0.5) is 0 Å². The Balaban J connectivity index is 2.00. The summed E-state index contributed by atoms with van der Waals surface area (Å²) >= 11 is 0. The van der Waals surface area contributed by atoms with E-state index in [0.29, 0.717) is 11.5 Å². The summed E-state index contributed by atoms with van der Waals surface area (Å²) in [7, 11) is 0. The van der Waals surface area contributed by atoms with Gasteiger partial charge in [-0.15, -0.1) is 0 Å². The fraction of sp³-hybridized carbons (Fsp3) is 0.172. The molecule has 0 saturated carbocycles. The Hall–Kier alpha value is -3.52. The first-order valence-electron chi connectivity index (χ1n) is 10.7. The van der Waals surface area contributed by atoms with E-state index >= 15 is 0 Å². The van der Waals surface area contributed by atoms with Crippen molar-refractivity contribution in [3.8, 4) is 22.6 Å². The predicted octanol–water partition coefficient (Wildman–Crippen LogP) is 6.69. The van der Waals surface area contributed by atoms with E-state index < -0.39 is 5.41 Å². The molecule has 0 heterocycles. The second-order valence-electron chi connectivity index (χ2n) is 8.72. The van der Waals surface area contributed by atoms with Gasteiger partial charge in [0.15, 0.2) is 0 Å². The third-order valence-electron chi connectivity index (χ3n) is 7.10. The minimum absolute atomic E-state index is 0.296. The molecule has 2 heteroatoms. The third-order valence-corrected chi connectivity index (χ3v) is 7.10. The highest BCUT2D eigenvalue weighted by molar-refractivity contribution is 5.86. The normalized spacial score (nSPS) is 13.7. The smallest absolute Gasteiger partial charge is 0.119 e. The Morgan fingerprint density at radius 2 is 0.935 bits per heavy atom. The molecular weight excluding hydrogens is 380 g/mol. The molecule has 154 valence electrons. The van der Waals surface area contributed by atoms with Gasteiger partial charge in [-0.2, -0.15) is 0 Å². The summed E-state index contributed by atoms with van der Waals surface area (Å²) in [6.45, 7) is 7.97. The number of phenols is 2. The van der Waals surface area contributed by atoms with Crippen LogP contribution in [0.2, 0.25) is 0 Å². The van der Waals surface area contributed by atoms with Gasteiger partial charge in [-0.3, -0.25) is 0 Å². The van der Waals surface area contributed by atoms with E-state index in [0.717, 1.165) is 33.4 Å². The van der Waals surface area contributed by atoms with Gasteiger partial charge in [0.1, 0.15) is 11.5 Å².